The molecule has 0 amide bonds. The van der Waals surface area contributed by atoms with Crippen LogP contribution in [0.25, 0.3) is 0 Å². The van der Waals surface area contributed by atoms with E-state index in [1.807, 2.05) is 18.2 Å². The second-order valence-corrected chi connectivity index (χ2v) is 5.01. The van der Waals surface area contributed by atoms with Gasteiger partial charge in [0.2, 0.25) is 0 Å². The Balaban J connectivity index is 1.98. The Morgan fingerprint density at radius 2 is 1.84 bits per heavy atom. The number of rotatable bonds is 2. The minimum Gasteiger partial charge on any atom is -0.323 e. The van der Waals surface area contributed by atoms with Crippen molar-refractivity contribution in [2.24, 2.45) is 5.73 Å². The summed E-state index contributed by atoms with van der Waals surface area (Å²) in [5, 5.41) is 0. The van der Waals surface area contributed by atoms with E-state index in [2.05, 4.69) is 6.07 Å². The van der Waals surface area contributed by atoms with Crippen LogP contribution in [0.4, 0.5) is 8.78 Å². The fraction of sp³-hybridized carbons (Fsp3) is 0.250. The number of benzene rings is 2. The Morgan fingerprint density at radius 1 is 1.05 bits per heavy atom. The molecule has 3 rings (SSSR count). The topological polar surface area (TPSA) is 26.0 Å². The zero-order valence-corrected chi connectivity index (χ0v) is 10.4. The average Bonchev–Trinajstić information content (AvgIpc) is 2.85. The van der Waals surface area contributed by atoms with Crippen LogP contribution < -0.4 is 5.73 Å². The quantitative estimate of drug-likeness (QED) is 0.874. The van der Waals surface area contributed by atoms with Crippen molar-refractivity contribution in [2.75, 3.05) is 0 Å². The first-order chi connectivity index (χ1) is 9.18. The third-order valence-electron chi connectivity index (χ3n) is 3.95. The molecule has 2 aromatic carbocycles. The maximum atomic E-state index is 13.8. The molecule has 2 atom stereocenters. The predicted molar refractivity (Wildman–Crippen MR) is 70.8 cm³/mol. The minimum atomic E-state index is -0.834. The molecule has 0 aromatic heterocycles. The highest BCUT2D eigenvalue weighted by Crippen LogP contribution is 2.40. The van der Waals surface area contributed by atoms with Crippen molar-refractivity contribution in [3.05, 3.63) is 70.8 Å². The Morgan fingerprint density at radius 3 is 2.68 bits per heavy atom. The van der Waals surface area contributed by atoms with Crippen LogP contribution in [0.2, 0.25) is 0 Å². The summed E-state index contributed by atoms with van der Waals surface area (Å²) >= 11 is 0. The summed E-state index contributed by atoms with van der Waals surface area (Å²) in [6.07, 6.45) is 1.84. The van der Waals surface area contributed by atoms with E-state index in [0.29, 0.717) is 0 Å². The molecule has 19 heavy (non-hydrogen) atoms. The maximum Gasteiger partial charge on any atom is 0.163 e. The Hall–Kier alpha value is -1.74. The number of hydrogen-bond donors (Lipinski definition) is 1. The first-order valence-corrected chi connectivity index (χ1v) is 6.46. The van der Waals surface area contributed by atoms with Gasteiger partial charge in [0.15, 0.2) is 11.6 Å². The molecule has 98 valence electrons. The van der Waals surface area contributed by atoms with Crippen molar-refractivity contribution < 1.29 is 8.78 Å². The van der Waals surface area contributed by atoms with Gasteiger partial charge in [-0.15, -0.1) is 0 Å². The van der Waals surface area contributed by atoms with Crippen molar-refractivity contribution in [1.82, 2.24) is 0 Å². The Bertz CT molecular complexity index is 609. The van der Waals surface area contributed by atoms with Gasteiger partial charge in [-0.2, -0.15) is 0 Å². The first-order valence-electron chi connectivity index (χ1n) is 6.46. The van der Waals surface area contributed by atoms with Crippen LogP contribution in [-0.2, 0) is 6.42 Å². The zero-order chi connectivity index (χ0) is 13.4. The van der Waals surface area contributed by atoms with Gasteiger partial charge in [-0.1, -0.05) is 36.4 Å². The summed E-state index contributed by atoms with van der Waals surface area (Å²) in [6, 6.07) is 11.8. The van der Waals surface area contributed by atoms with Crippen molar-refractivity contribution in [3.8, 4) is 0 Å². The molecule has 1 aliphatic carbocycles. The van der Waals surface area contributed by atoms with Gasteiger partial charge >= 0.3 is 0 Å². The van der Waals surface area contributed by atoms with Crippen LogP contribution in [-0.4, -0.2) is 0 Å². The average molecular weight is 259 g/mol. The van der Waals surface area contributed by atoms with Crippen molar-refractivity contribution in [2.45, 2.75) is 24.8 Å². The van der Waals surface area contributed by atoms with E-state index < -0.39 is 17.7 Å². The van der Waals surface area contributed by atoms with Crippen LogP contribution in [0, 0.1) is 11.6 Å². The van der Waals surface area contributed by atoms with Crippen LogP contribution in [0.5, 0.6) is 0 Å². The Labute approximate surface area is 111 Å². The minimum absolute atomic E-state index is 0.0625. The van der Waals surface area contributed by atoms with Gasteiger partial charge in [0.25, 0.3) is 0 Å². The summed E-state index contributed by atoms with van der Waals surface area (Å²) in [5.74, 6) is -1.59. The molecule has 0 heterocycles. The third kappa shape index (κ3) is 2.04. The lowest BCUT2D eigenvalue weighted by Crippen LogP contribution is -2.20. The highest BCUT2D eigenvalue weighted by molar-refractivity contribution is 5.38. The molecule has 0 spiro atoms. The van der Waals surface area contributed by atoms with E-state index in [0.717, 1.165) is 18.9 Å². The molecule has 0 saturated heterocycles. The van der Waals surface area contributed by atoms with Crippen molar-refractivity contribution >= 4 is 0 Å². The fourth-order valence-electron chi connectivity index (χ4n) is 2.96. The lowest BCUT2D eigenvalue weighted by molar-refractivity contribution is 0.467. The van der Waals surface area contributed by atoms with Crippen LogP contribution in [0.15, 0.2) is 42.5 Å². The predicted octanol–water partition coefficient (Wildman–Crippen LogP) is 3.69. The van der Waals surface area contributed by atoms with Crippen molar-refractivity contribution in [3.63, 3.8) is 0 Å². The number of nitrogens with two attached hydrogens (primary N) is 1. The number of fused-ring (bicyclic) bond motifs is 1. The molecule has 2 unspecified atom stereocenters. The largest absolute Gasteiger partial charge is 0.323 e. The molecule has 0 saturated carbocycles. The number of halogens is 2. The molecule has 2 N–H and O–H groups in total. The summed E-state index contributed by atoms with van der Waals surface area (Å²) in [4.78, 5) is 0. The lowest BCUT2D eigenvalue weighted by Gasteiger charge is -2.21. The second kappa shape index (κ2) is 4.74. The lowest BCUT2D eigenvalue weighted by atomic mass is 9.88. The van der Waals surface area contributed by atoms with Crippen LogP contribution >= 0.6 is 0 Å². The number of aryl methyl sites for hydroxylation is 1. The van der Waals surface area contributed by atoms with E-state index in [-0.39, 0.29) is 11.5 Å². The molecule has 1 aliphatic rings. The standard InChI is InChI=1S/C16H15F2N/c17-14-7-3-6-13(15(14)18)16(19)12-9-8-10-4-1-2-5-11(10)12/h1-7,12,16H,8-9,19H2. The highest BCUT2D eigenvalue weighted by Gasteiger charge is 2.30. The van der Waals surface area contributed by atoms with E-state index in [1.54, 1.807) is 6.07 Å². The molecule has 1 nitrogen and oxygen atoms in total. The fourth-order valence-corrected chi connectivity index (χ4v) is 2.96. The molecular weight excluding hydrogens is 244 g/mol. The summed E-state index contributed by atoms with van der Waals surface area (Å²) in [5.41, 5.74) is 8.87. The third-order valence-corrected chi connectivity index (χ3v) is 3.95. The van der Waals surface area contributed by atoms with E-state index >= 15 is 0 Å². The van der Waals surface area contributed by atoms with Gasteiger partial charge in [-0.05, 0) is 30.0 Å². The summed E-state index contributed by atoms with van der Waals surface area (Å²) in [6.45, 7) is 0. The zero-order valence-electron chi connectivity index (χ0n) is 10.4. The summed E-state index contributed by atoms with van der Waals surface area (Å²) in [7, 11) is 0. The van der Waals surface area contributed by atoms with Crippen LogP contribution in [0.1, 0.15) is 35.1 Å². The SMILES string of the molecule is NC(c1cccc(F)c1F)C1CCc2ccccc21. The number of hydrogen-bond acceptors (Lipinski definition) is 1. The molecule has 0 aliphatic heterocycles. The molecule has 0 radical (unpaired) electrons. The molecule has 3 heteroatoms. The van der Waals surface area contributed by atoms with Gasteiger partial charge in [-0.3, -0.25) is 0 Å². The van der Waals surface area contributed by atoms with Gasteiger partial charge in [0, 0.05) is 17.5 Å². The molecule has 2 aromatic rings. The Kier molecular flexibility index (Phi) is 3.07. The van der Waals surface area contributed by atoms with Gasteiger partial charge < -0.3 is 5.73 Å². The van der Waals surface area contributed by atoms with E-state index in [9.17, 15) is 8.78 Å². The van der Waals surface area contributed by atoms with Crippen LogP contribution in [0.3, 0.4) is 0 Å². The van der Waals surface area contributed by atoms with E-state index in [4.69, 9.17) is 5.73 Å². The van der Waals surface area contributed by atoms with Gasteiger partial charge in [0.05, 0.1) is 0 Å². The second-order valence-electron chi connectivity index (χ2n) is 5.01. The van der Waals surface area contributed by atoms with Crippen molar-refractivity contribution in [1.29, 1.82) is 0 Å². The van der Waals surface area contributed by atoms with E-state index in [1.165, 1.54) is 17.2 Å². The van der Waals surface area contributed by atoms with Gasteiger partial charge in [0.1, 0.15) is 0 Å². The molecule has 0 bridgehead atoms. The monoisotopic (exact) mass is 259 g/mol. The first kappa shape index (κ1) is 12.3. The molecular formula is C16H15F2N. The highest BCUT2D eigenvalue weighted by atomic mass is 19.2. The van der Waals surface area contributed by atoms with Gasteiger partial charge in [-0.25, -0.2) is 8.78 Å². The normalized spacial score (nSPS) is 19.2. The smallest absolute Gasteiger partial charge is 0.163 e. The molecule has 0 fully saturated rings. The maximum absolute atomic E-state index is 13.8. The summed E-state index contributed by atoms with van der Waals surface area (Å²) < 4.78 is 27.1.